The summed E-state index contributed by atoms with van der Waals surface area (Å²) in [5.74, 6) is -1.84. The van der Waals surface area contributed by atoms with Crippen LogP contribution in [0.2, 0.25) is 0 Å². The van der Waals surface area contributed by atoms with E-state index in [9.17, 15) is 14.2 Å². The number of carboxylic acids is 1. The first-order chi connectivity index (χ1) is 6.72. The Morgan fingerprint density at radius 2 is 2.00 bits per heavy atom. The van der Waals surface area contributed by atoms with E-state index >= 15 is 0 Å². The number of aliphatic carboxylic acids is 1. The molecule has 7 nitrogen and oxygen atoms in total. The minimum absolute atomic E-state index is 0.539. The lowest BCUT2D eigenvalue weighted by molar-refractivity contribution is -0.140. The van der Waals surface area contributed by atoms with Gasteiger partial charge in [0.05, 0.1) is 6.16 Å². The minimum Gasteiger partial charge on any atom is -0.479 e. The fourth-order valence-electron chi connectivity index (χ4n) is 0.745. The van der Waals surface area contributed by atoms with Crippen molar-refractivity contribution in [3.8, 4) is 0 Å². The molecule has 0 aliphatic rings. The highest BCUT2D eigenvalue weighted by Crippen LogP contribution is 2.33. The monoisotopic (exact) mass is 237 g/mol. The van der Waals surface area contributed by atoms with Gasteiger partial charge in [0.1, 0.15) is 6.04 Å². The number of carbonyl (C=O) groups excluding carboxylic acids is 1. The van der Waals surface area contributed by atoms with Crippen molar-refractivity contribution < 1.29 is 29.0 Å². The molecule has 0 saturated carbocycles. The Bertz CT molecular complexity index is 319. The maximum Gasteiger partial charge on any atom is 0.330 e. The molecule has 0 aliphatic heterocycles. The third-order valence-corrected chi connectivity index (χ3v) is 1.98. The SMILES string of the molecule is CC(=O)NC(C=CCP(=O)(O)O)C(=O)O. The topological polar surface area (TPSA) is 124 Å². The van der Waals surface area contributed by atoms with Crippen LogP contribution in [0.5, 0.6) is 0 Å². The maximum absolute atomic E-state index is 10.6. The van der Waals surface area contributed by atoms with Crippen molar-refractivity contribution in [3.05, 3.63) is 12.2 Å². The fraction of sp³-hybridized carbons (Fsp3) is 0.429. The number of hydrogen-bond acceptors (Lipinski definition) is 3. The summed E-state index contributed by atoms with van der Waals surface area (Å²) in [6.45, 7) is 1.15. The molecule has 0 spiro atoms. The summed E-state index contributed by atoms with van der Waals surface area (Å²) in [7, 11) is -4.18. The summed E-state index contributed by atoms with van der Waals surface area (Å²) < 4.78 is 10.4. The zero-order chi connectivity index (χ0) is 12.1. The average molecular weight is 237 g/mol. The van der Waals surface area contributed by atoms with E-state index in [0.717, 1.165) is 19.1 Å². The van der Waals surface area contributed by atoms with Crippen molar-refractivity contribution in [2.24, 2.45) is 0 Å². The molecule has 0 aliphatic carbocycles. The van der Waals surface area contributed by atoms with Gasteiger partial charge in [-0.2, -0.15) is 0 Å². The Morgan fingerprint density at radius 3 is 2.33 bits per heavy atom. The molecular formula is C7H12NO6P. The predicted molar refractivity (Wildman–Crippen MR) is 51.3 cm³/mol. The average Bonchev–Trinajstić information content (AvgIpc) is 1.99. The van der Waals surface area contributed by atoms with Crippen LogP contribution in [0, 0.1) is 0 Å². The van der Waals surface area contributed by atoms with E-state index in [1.165, 1.54) is 0 Å². The number of hydrogen-bond donors (Lipinski definition) is 4. The quantitative estimate of drug-likeness (QED) is 0.370. The molecule has 86 valence electrons. The molecule has 15 heavy (non-hydrogen) atoms. The zero-order valence-corrected chi connectivity index (χ0v) is 8.85. The van der Waals surface area contributed by atoms with Gasteiger partial charge in [-0.25, -0.2) is 4.79 Å². The van der Waals surface area contributed by atoms with Crippen molar-refractivity contribution in [2.75, 3.05) is 6.16 Å². The maximum atomic E-state index is 10.6. The van der Waals surface area contributed by atoms with Crippen LogP contribution in [0.3, 0.4) is 0 Å². The van der Waals surface area contributed by atoms with Crippen LogP contribution in [0.1, 0.15) is 6.92 Å². The molecule has 1 amide bonds. The highest BCUT2D eigenvalue weighted by atomic mass is 31.2. The Hall–Kier alpha value is -1.17. The summed E-state index contributed by atoms with van der Waals surface area (Å²) in [6.07, 6.45) is 1.48. The van der Waals surface area contributed by atoms with Gasteiger partial charge in [0, 0.05) is 6.92 Å². The lowest BCUT2D eigenvalue weighted by atomic mass is 10.2. The van der Waals surface area contributed by atoms with Crippen LogP contribution in [-0.4, -0.2) is 39.0 Å². The second kappa shape index (κ2) is 5.65. The van der Waals surface area contributed by atoms with Crippen LogP contribution in [0.25, 0.3) is 0 Å². The van der Waals surface area contributed by atoms with Crippen LogP contribution in [0.4, 0.5) is 0 Å². The second-order valence-electron chi connectivity index (χ2n) is 2.79. The number of amides is 1. The molecule has 1 unspecified atom stereocenters. The lowest BCUT2D eigenvalue weighted by Gasteiger charge is -2.07. The van der Waals surface area contributed by atoms with E-state index in [2.05, 4.69) is 5.32 Å². The van der Waals surface area contributed by atoms with Gasteiger partial charge in [0.25, 0.3) is 0 Å². The summed E-state index contributed by atoms with van der Waals surface area (Å²) in [5.41, 5.74) is 0. The van der Waals surface area contributed by atoms with E-state index in [4.69, 9.17) is 14.9 Å². The van der Waals surface area contributed by atoms with E-state index in [-0.39, 0.29) is 0 Å². The first kappa shape index (κ1) is 13.8. The first-order valence-corrected chi connectivity index (χ1v) is 5.73. The Kier molecular flexibility index (Phi) is 5.21. The van der Waals surface area contributed by atoms with Crippen molar-refractivity contribution in [2.45, 2.75) is 13.0 Å². The van der Waals surface area contributed by atoms with Crippen LogP contribution < -0.4 is 5.32 Å². The number of rotatable bonds is 5. The van der Waals surface area contributed by atoms with Gasteiger partial charge in [-0.1, -0.05) is 12.2 Å². The number of nitrogens with one attached hydrogen (secondary N) is 1. The molecule has 0 fully saturated rings. The molecule has 0 aromatic rings. The van der Waals surface area contributed by atoms with Crippen LogP contribution in [0.15, 0.2) is 12.2 Å². The number of carboxylic acid groups (broad SMARTS) is 1. The standard InChI is InChI=1S/C7H12NO6P/c1-5(9)8-6(7(10)11)3-2-4-15(12,13)14/h2-3,6H,4H2,1H3,(H,8,9)(H,10,11)(H2,12,13,14). The van der Waals surface area contributed by atoms with Crippen molar-refractivity contribution in [1.29, 1.82) is 0 Å². The smallest absolute Gasteiger partial charge is 0.330 e. The summed E-state index contributed by atoms with van der Waals surface area (Å²) in [5, 5.41) is 10.7. The van der Waals surface area contributed by atoms with Crippen molar-refractivity contribution >= 4 is 19.5 Å². The Morgan fingerprint density at radius 1 is 1.47 bits per heavy atom. The number of carbonyl (C=O) groups is 2. The molecule has 0 rings (SSSR count). The molecule has 0 bridgehead atoms. The molecule has 8 heteroatoms. The third kappa shape index (κ3) is 7.87. The fourth-order valence-corrected chi connectivity index (χ4v) is 1.14. The van der Waals surface area contributed by atoms with Crippen LogP contribution in [-0.2, 0) is 14.2 Å². The molecule has 0 aromatic carbocycles. The van der Waals surface area contributed by atoms with Gasteiger partial charge in [-0.05, 0) is 0 Å². The summed E-state index contributed by atoms with van der Waals surface area (Å²) >= 11 is 0. The highest BCUT2D eigenvalue weighted by Gasteiger charge is 2.15. The normalized spacial score (nSPS) is 13.8. The predicted octanol–water partition coefficient (Wildman–Crippen LogP) is -0.690. The second-order valence-corrected chi connectivity index (χ2v) is 4.49. The summed E-state index contributed by atoms with van der Waals surface area (Å²) in [4.78, 5) is 38.0. The Labute approximate surface area is 86.0 Å². The molecule has 4 N–H and O–H groups in total. The van der Waals surface area contributed by atoms with E-state index < -0.39 is 31.7 Å². The van der Waals surface area contributed by atoms with Crippen LogP contribution >= 0.6 is 7.60 Å². The highest BCUT2D eigenvalue weighted by molar-refractivity contribution is 7.51. The molecule has 0 radical (unpaired) electrons. The van der Waals surface area contributed by atoms with Gasteiger partial charge >= 0.3 is 13.6 Å². The minimum atomic E-state index is -4.18. The molecule has 1 atom stereocenters. The van der Waals surface area contributed by atoms with Gasteiger partial charge in [-0.15, -0.1) is 0 Å². The van der Waals surface area contributed by atoms with E-state index in [1.807, 2.05) is 0 Å². The number of allylic oxidation sites excluding steroid dienone is 1. The van der Waals surface area contributed by atoms with Gasteiger partial charge in [-0.3, -0.25) is 9.36 Å². The third-order valence-electron chi connectivity index (χ3n) is 1.30. The van der Waals surface area contributed by atoms with Crippen molar-refractivity contribution in [1.82, 2.24) is 5.32 Å². The van der Waals surface area contributed by atoms with Gasteiger partial charge in [0.15, 0.2) is 0 Å². The van der Waals surface area contributed by atoms with Gasteiger partial charge in [0.2, 0.25) is 5.91 Å². The lowest BCUT2D eigenvalue weighted by Crippen LogP contribution is -2.37. The molecular weight excluding hydrogens is 225 g/mol. The van der Waals surface area contributed by atoms with E-state index in [1.54, 1.807) is 0 Å². The summed E-state index contributed by atoms with van der Waals surface area (Å²) in [6, 6.07) is -1.27. The Balaban J connectivity index is 4.35. The molecule has 0 heterocycles. The first-order valence-electron chi connectivity index (χ1n) is 3.93. The van der Waals surface area contributed by atoms with Gasteiger partial charge < -0.3 is 20.2 Å². The zero-order valence-electron chi connectivity index (χ0n) is 7.95. The van der Waals surface area contributed by atoms with E-state index in [0.29, 0.717) is 0 Å². The molecule has 0 saturated heterocycles. The molecule has 0 aromatic heterocycles. The largest absolute Gasteiger partial charge is 0.479 e. The van der Waals surface area contributed by atoms with Crippen molar-refractivity contribution in [3.63, 3.8) is 0 Å².